The number of rotatable bonds is 61. The molecule has 3 aromatic rings. The second-order valence-corrected chi connectivity index (χ2v) is 24.6. The van der Waals surface area contributed by atoms with E-state index in [-0.39, 0.29) is 5.97 Å². The smallest absolute Gasteiger partial charge is 0.338 e. The molecule has 0 aliphatic rings. The minimum atomic E-state index is -0.314. The minimum Gasteiger partial charge on any atom is -0.494 e. The number of benzene rings is 3. The zero-order chi connectivity index (χ0) is 59.0. The summed E-state index contributed by atoms with van der Waals surface area (Å²) in [7, 11) is 0. The number of hydrogen-bond acceptors (Lipinski definition) is 8. The summed E-state index contributed by atoms with van der Waals surface area (Å²) in [5.41, 5.74) is 2.86. The lowest BCUT2D eigenvalue weighted by Crippen LogP contribution is -2.11. The van der Waals surface area contributed by atoms with Crippen molar-refractivity contribution in [3.05, 3.63) is 66.2 Å². The summed E-state index contributed by atoms with van der Waals surface area (Å²) in [6, 6.07) is 20.7. The van der Waals surface area contributed by atoms with Crippen molar-refractivity contribution >= 4 is 18.6 Å². The van der Waals surface area contributed by atoms with Crippen LogP contribution < -0.4 is 23.7 Å². The highest BCUT2D eigenvalue weighted by Gasteiger charge is 2.20. The van der Waals surface area contributed by atoms with Crippen LogP contribution >= 0.6 is 12.6 Å². The fourth-order valence-corrected chi connectivity index (χ4v) is 11.2. The van der Waals surface area contributed by atoms with Crippen molar-refractivity contribution in [1.82, 2.24) is 0 Å². The monoisotopic (exact) mass is 1170 g/mol. The molecule has 0 unspecified atom stereocenters. The van der Waals surface area contributed by atoms with Crippen molar-refractivity contribution < 1.29 is 33.2 Å². The van der Waals surface area contributed by atoms with E-state index < -0.39 is 0 Å². The standard InChI is InChI=1S/C75H126O7S/c1-4-7-10-13-16-19-22-31-38-45-60-79-72-65-69(66-73(80-61-46-39-32-23-20-17-14-11-8-5-2)74(72)81-62-47-40-33-24-21-18-15-12-9-6-3)75(76)82-63-48-41-34-26-25-29-36-43-58-77-70-54-50-67(51-55-70)68-52-56-71(57-53-68)78-59-44-37-30-27-28-35-42-49-64-83/h50-57,65-66,83H,4-49,58-64H2,1-3H3. The lowest BCUT2D eigenvalue weighted by Gasteiger charge is -2.19. The topological polar surface area (TPSA) is 72.5 Å². The highest BCUT2D eigenvalue weighted by Crippen LogP contribution is 2.40. The Hall–Kier alpha value is -3.52. The summed E-state index contributed by atoms with van der Waals surface area (Å²) < 4.78 is 37.8. The molecule has 7 nitrogen and oxygen atoms in total. The highest BCUT2D eigenvalue weighted by molar-refractivity contribution is 7.80. The van der Waals surface area contributed by atoms with Crippen molar-refractivity contribution in [1.29, 1.82) is 0 Å². The van der Waals surface area contributed by atoms with Gasteiger partial charge in [0.2, 0.25) is 5.75 Å². The molecule has 3 aromatic carbocycles. The molecule has 0 aliphatic carbocycles. The fourth-order valence-electron chi connectivity index (χ4n) is 11.0. The Morgan fingerprint density at radius 2 is 0.554 bits per heavy atom. The third kappa shape index (κ3) is 40.5. The SMILES string of the molecule is CCCCCCCCCCCCOc1cc(C(=O)OCCCCCCCCCCOc2ccc(-c3ccc(OCCCCCCCCCCS)cc3)cc2)cc(OCCCCCCCCCCCC)c1OCCCCCCCCCCCC. The van der Waals surface area contributed by atoms with Crippen LogP contribution in [0.2, 0.25) is 0 Å². The van der Waals surface area contributed by atoms with Gasteiger partial charge in [0.15, 0.2) is 11.5 Å². The van der Waals surface area contributed by atoms with Crippen LogP contribution in [0.4, 0.5) is 0 Å². The third-order valence-corrected chi connectivity index (χ3v) is 16.7. The van der Waals surface area contributed by atoms with Crippen LogP contribution in [-0.2, 0) is 4.74 Å². The molecule has 0 fully saturated rings. The first-order valence-corrected chi connectivity index (χ1v) is 36.0. The average molecular weight is 1170 g/mol. The van der Waals surface area contributed by atoms with Gasteiger partial charge in [-0.25, -0.2) is 4.79 Å². The Kier molecular flexibility index (Phi) is 48.9. The molecule has 0 N–H and O–H groups in total. The van der Waals surface area contributed by atoms with Gasteiger partial charge >= 0.3 is 5.97 Å². The zero-order valence-electron chi connectivity index (χ0n) is 54.1. The molecule has 0 spiro atoms. The van der Waals surface area contributed by atoms with Gasteiger partial charge in [0, 0.05) is 0 Å². The van der Waals surface area contributed by atoms with E-state index in [1.54, 1.807) is 0 Å². The molecule has 474 valence electrons. The Labute approximate surface area is 516 Å². The largest absolute Gasteiger partial charge is 0.494 e. The Balaban J connectivity index is 1.41. The summed E-state index contributed by atoms with van der Waals surface area (Å²) >= 11 is 4.30. The number of thiol groups is 1. The summed E-state index contributed by atoms with van der Waals surface area (Å²) in [6.07, 6.45) is 57.3. The van der Waals surface area contributed by atoms with E-state index in [0.29, 0.717) is 49.2 Å². The molecule has 0 heterocycles. The predicted molar refractivity (Wildman–Crippen MR) is 359 cm³/mol. The van der Waals surface area contributed by atoms with E-state index in [1.165, 1.54) is 236 Å². The van der Waals surface area contributed by atoms with E-state index in [2.05, 4.69) is 81.9 Å². The lowest BCUT2D eigenvalue weighted by molar-refractivity contribution is 0.0496. The van der Waals surface area contributed by atoms with E-state index in [0.717, 1.165) is 101 Å². The number of ether oxygens (including phenoxy) is 6. The summed E-state index contributed by atoms with van der Waals surface area (Å²) in [6.45, 7) is 10.6. The van der Waals surface area contributed by atoms with Crippen molar-refractivity contribution in [2.75, 3.05) is 45.4 Å². The van der Waals surface area contributed by atoms with Crippen LogP contribution in [0.1, 0.15) is 326 Å². The fraction of sp³-hybridized carbons (Fsp3) is 0.747. The van der Waals surface area contributed by atoms with Crippen LogP contribution in [0, 0.1) is 0 Å². The number of carbonyl (C=O) groups is 1. The van der Waals surface area contributed by atoms with Gasteiger partial charge < -0.3 is 28.4 Å². The van der Waals surface area contributed by atoms with Gasteiger partial charge in [0.25, 0.3) is 0 Å². The summed E-state index contributed by atoms with van der Waals surface area (Å²) in [5.74, 6) is 4.45. The molecule has 83 heavy (non-hydrogen) atoms. The highest BCUT2D eigenvalue weighted by atomic mass is 32.1. The molecule has 0 aromatic heterocycles. The van der Waals surface area contributed by atoms with E-state index in [4.69, 9.17) is 28.4 Å². The minimum absolute atomic E-state index is 0.314. The number of esters is 1. The zero-order valence-corrected chi connectivity index (χ0v) is 54.9. The summed E-state index contributed by atoms with van der Waals surface area (Å²) in [4.78, 5) is 13.8. The first-order chi connectivity index (χ1) is 41.1. The number of hydrogen-bond donors (Lipinski definition) is 1. The quantitative estimate of drug-likeness (QED) is 0.0343. The normalized spacial score (nSPS) is 11.3. The second-order valence-electron chi connectivity index (χ2n) is 24.2. The number of carbonyl (C=O) groups excluding carboxylic acids is 1. The van der Waals surface area contributed by atoms with Gasteiger partial charge in [-0.05, 0) is 98.2 Å². The van der Waals surface area contributed by atoms with Gasteiger partial charge in [-0.1, -0.05) is 295 Å². The van der Waals surface area contributed by atoms with Crippen molar-refractivity contribution in [3.63, 3.8) is 0 Å². The van der Waals surface area contributed by atoms with Crippen LogP contribution in [0.25, 0.3) is 11.1 Å². The summed E-state index contributed by atoms with van der Waals surface area (Å²) in [5, 5.41) is 0. The Morgan fingerprint density at radius 3 is 0.855 bits per heavy atom. The van der Waals surface area contributed by atoms with Crippen LogP contribution in [0.15, 0.2) is 60.7 Å². The lowest BCUT2D eigenvalue weighted by atomic mass is 10.1. The third-order valence-electron chi connectivity index (χ3n) is 16.4. The van der Waals surface area contributed by atoms with Gasteiger partial charge in [0.05, 0.1) is 45.2 Å². The van der Waals surface area contributed by atoms with E-state index >= 15 is 0 Å². The molecule has 0 radical (unpaired) electrons. The van der Waals surface area contributed by atoms with E-state index in [1.807, 2.05) is 12.1 Å². The maximum atomic E-state index is 13.8. The molecule has 0 saturated carbocycles. The van der Waals surface area contributed by atoms with Gasteiger partial charge in [-0.2, -0.15) is 12.6 Å². The maximum Gasteiger partial charge on any atom is 0.338 e. The molecule has 8 heteroatoms. The first kappa shape index (κ1) is 73.7. The average Bonchev–Trinajstić information content (AvgIpc) is 3.58. The van der Waals surface area contributed by atoms with Crippen LogP contribution in [0.3, 0.4) is 0 Å². The van der Waals surface area contributed by atoms with Crippen LogP contribution in [0.5, 0.6) is 28.7 Å². The molecule has 3 rings (SSSR count). The molecular weight excluding hydrogens is 1040 g/mol. The van der Waals surface area contributed by atoms with E-state index in [9.17, 15) is 4.79 Å². The molecule has 0 saturated heterocycles. The molecule has 0 aliphatic heterocycles. The van der Waals surface area contributed by atoms with Crippen molar-refractivity contribution in [2.45, 2.75) is 316 Å². The van der Waals surface area contributed by atoms with Gasteiger partial charge in [0.1, 0.15) is 11.5 Å². The van der Waals surface area contributed by atoms with Crippen molar-refractivity contribution in [3.8, 4) is 39.9 Å². The molecule has 0 atom stereocenters. The number of unbranched alkanes of at least 4 members (excludes halogenated alkanes) is 41. The van der Waals surface area contributed by atoms with Gasteiger partial charge in [-0.15, -0.1) is 0 Å². The van der Waals surface area contributed by atoms with Gasteiger partial charge in [-0.3, -0.25) is 0 Å². The second kappa shape index (κ2) is 55.1. The van der Waals surface area contributed by atoms with Crippen LogP contribution in [-0.4, -0.2) is 51.4 Å². The Morgan fingerprint density at radius 1 is 0.301 bits per heavy atom. The Bertz CT molecular complexity index is 1840. The predicted octanol–water partition coefficient (Wildman–Crippen LogP) is 24.0. The maximum absolute atomic E-state index is 13.8. The molecule has 0 bridgehead atoms. The van der Waals surface area contributed by atoms with Crippen molar-refractivity contribution in [2.24, 2.45) is 0 Å². The molecular formula is C75H126O7S. The molecule has 0 amide bonds. The first-order valence-electron chi connectivity index (χ1n) is 35.4.